The smallest absolute Gasteiger partial charge is 0.229 e. The van der Waals surface area contributed by atoms with Crippen LogP contribution in [-0.2, 0) is 11.3 Å². The molecule has 1 aliphatic rings. The van der Waals surface area contributed by atoms with Crippen LogP contribution in [0.4, 0.5) is 0 Å². The van der Waals surface area contributed by atoms with Crippen LogP contribution in [0.25, 0.3) is 0 Å². The third-order valence-electron chi connectivity index (χ3n) is 2.74. The van der Waals surface area contributed by atoms with Gasteiger partial charge in [0, 0.05) is 11.8 Å². The van der Waals surface area contributed by atoms with Gasteiger partial charge in [-0.25, -0.2) is 4.98 Å². The molecule has 22 heavy (non-hydrogen) atoms. The maximum atomic E-state index is 10.1. The molecule has 2 N–H and O–H groups in total. The maximum Gasteiger partial charge on any atom is 0.229 e. The van der Waals surface area contributed by atoms with Crippen molar-refractivity contribution < 1.29 is 9.84 Å². The predicted octanol–water partition coefficient (Wildman–Crippen LogP) is 3.85. The van der Waals surface area contributed by atoms with Crippen LogP contribution in [0.2, 0.25) is 0 Å². The van der Waals surface area contributed by atoms with Gasteiger partial charge < -0.3 is 9.84 Å². The van der Waals surface area contributed by atoms with Crippen LogP contribution in [0.5, 0.6) is 0 Å². The Morgan fingerprint density at radius 3 is 2.77 bits per heavy atom. The molecular weight excluding hydrogens is 440 g/mol. The Hall–Kier alpha value is -0.860. The minimum atomic E-state index is -0.517. The number of rotatable bonds is 5. The van der Waals surface area contributed by atoms with Crippen molar-refractivity contribution in [1.82, 2.24) is 15.4 Å². The van der Waals surface area contributed by atoms with E-state index in [2.05, 4.69) is 33.0 Å². The van der Waals surface area contributed by atoms with E-state index in [0.29, 0.717) is 18.9 Å². The van der Waals surface area contributed by atoms with Gasteiger partial charge in [0.1, 0.15) is 15.3 Å². The highest BCUT2D eigenvalue weighted by Crippen LogP contribution is 2.27. The van der Waals surface area contributed by atoms with Gasteiger partial charge in [0.15, 0.2) is 5.76 Å². The number of hydrazine groups is 1. The summed E-state index contributed by atoms with van der Waals surface area (Å²) in [6.07, 6.45) is 3.32. The second-order valence-electron chi connectivity index (χ2n) is 5.36. The summed E-state index contributed by atoms with van der Waals surface area (Å²) in [6, 6.07) is 3.82. The summed E-state index contributed by atoms with van der Waals surface area (Å²) in [5.41, 5.74) is 3.82. The van der Waals surface area contributed by atoms with Crippen molar-refractivity contribution in [3.8, 4) is 0 Å². The lowest BCUT2D eigenvalue weighted by Gasteiger charge is -2.32. The molecule has 0 saturated heterocycles. The van der Waals surface area contributed by atoms with Gasteiger partial charge >= 0.3 is 0 Å². The van der Waals surface area contributed by atoms with Crippen molar-refractivity contribution in [1.29, 1.82) is 0 Å². The van der Waals surface area contributed by atoms with Gasteiger partial charge in [0.2, 0.25) is 5.88 Å². The summed E-state index contributed by atoms with van der Waals surface area (Å²) in [5, 5.41) is 11.7. The van der Waals surface area contributed by atoms with Crippen LogP contribution in [0, 0.1) is 3.70 Å². The number of hydrogen-bond acceptors (Lipinski definition) is 5. The van der Waals surface area contributed by atoms with Crippen LogP contribution >= 0.6 is 45.8 Å². The number of pyridine rings is 1. The molecule has 2 heterocycles. The molecule has 0 atom stereocenters. The standard InChI is InChI=1S/C14H16Cl2IN3O2/c1-14(2,16)8-20-13(21)12(15)10(6-19-20)22-7-9-3-4-11(17)18-5-9/h3-6,19,21H,7-8H2,1-2H3. The van der Waals surface area contributed by atoms with Crippen LogP contribution in [0.1, 0.15) is 19.4 Å². The van der Waals surface area contributed by atoms with Gasteiger partial charge in [-0.05, 0) is 42.5 Å². The molecule has 0 bridgehead atoms. The lowest BCUT2D eigenvalue weighted by atomic mass is 10.2. The average Bonchev–Trinajstić information content (AvgIpc) is 2.44. The van der Waals surface area contributed by atoms with E-state index in [1.54, 1.807) is 12.4 Å². The number of allylic oxidation sites excluding steroid dienone is 1. The molecule has 0 aromatic carbocycles. The van der Waals surface area contributed by atoms with Gasteiger partial charge in [-0.2, -0.15) is 0 Å². The molecule has 0 unspecified atom stereocenters. The Morgan fingerprint density at radius 2 is 2.18 bits per heavy atom. The number of alkyl halides is 1. The third kappa shape index (κ3) is 4.82. The summed E-state index contributed by atoms with van der Waals surface area (Å²) in [5.74, 6) is 0.245. The zero-order valence-corrected chi connectivity index (χ0v) is 15.8. The summed E-state index contributed by atoms with van der Waals surface area (Å²) >= 11 is 14.4. The van der Waals surface area contributed by atoms with E-state index in [0.717, 1.165) is 9.26 Å². The highest BCUT2D eigenvalue weighted by Gasteiger charge is 2.26. The fourth-order valence-corrected chi connectivity index (χ4v) is 2.39. The highest BCUT2D eigenvalue weighted by atomic mass is 127. The van der Waals surface area contributed by atoms with E-state index in [1.807, 2.05) is 26.0 Å². The second-order valence-corrected chi connectivity index (χ2v) is 7.86. The predicted molar refractivity (Wildman–Crippen MR) is 95.1 cm³/mol. The lowest BCUT2D eigenvalue weighted by molar-refractivity contribution is 0.128. The van der Waals surface area contributed by atoms with E-state index in [4.69, 9.17) is 27.9 Å². The number of hydrogen-bond donors (Lipinski definition) is 2. The molecule has 0 saturated carbocycles. The number of aliphatic hydroxyl groups excluding tert-OH is 1. The molecule has 1 aromatic heterocycles. The normalized spacial score (nSPS) is 15.5. The molecule has 0 spiro atoms. The van der Waals surface area contributed by atoms with Crippen LogP contribution in [-0.4, -0.2) is 26.5 Å². The van der Waals surface area contributed by atoms with Crippen molar-refractivity contribution in [3.63, 3.8) is 0 Å². The SMILES string of the molecule is CC(C)(Cl)CN1NC=C(OCc2ccc(I)nc2)C(Cl)=C1O. The van der Waals surface area contributed by atoms with Crippen molar-refractivity contribution in [2.45, 2.75) is 25.3 Å². The minimum Gasteiger partial charge on any atom is -0.492 e. The van der Waals surface area contributed by atoms with Gasteiger partial charge in [-0.3, -0.25) is 10.4 Å². The van der Waals surface area contributed by atoms with E-state index in [9.17, 15) is 5.11 Å². The van der Waals surface area contributed by atoms with Crippen molar-refractivity contribution in [3.05, 3.63) is 50.5 Å². The van der Waals surface area contributed by atoms with Crippen LogP contribution < -0.4 is 5.43 Å². The van der Waals surface area contributed by atoms with E-state index in [1.165, 1.54) is 5.01 Å². The number of halogens is 3. The Bertz CT molecular complexity index is 597. The van der Waals surface area contributed by atoms with Gasteiger partial charge in [-0.15, -0.1) is 11.6 Å². The molecule has 0 aliphatic carbocycles. The van der Waals surface area contributed by atoms with Gasteiger partial charge in [0.05, 0.1) is 17.6 Å². The number of nitrogens with zero attached hydrogens (tertiary/aromatic N) is 2. The zero-order chi connectivity index (χ0) is 16.3. The zero-order valence-electron chi connectivity index (χ0n) is 12.1. The van der Waals surface area contributed by atoms with Crippen molar-refractivity contribution in [2.75, 3.05) is 6.54 Å². The number of ether oxygens (including phenoxy) is 1. The quantitative estimate of drug-likeness (QED) is 0.401. The van der Waals surface area contributed by atoms with Crippen LogP contribution in [0.15, 0.2) is 41.2 Å². The van der Waals surface area contributed by atoms with E-state index in [-0.39, 0.29) is 10.9 Å². The summed E-state index contributed by atoms with van der Waals surface area (Å²) in [4.78, 5) is 3.67. The number of nitrogens with one attached hydrogen (secondary N) is 1. The van der Waals surface area contributed by atoms with E-state index < -0.39 is 4.87 Å². The lowest BCUT2D eigenvalue weighted by Crippen LogP contribution is -2.43. The average molecular weight is 456 g/mol. The topological polar surface area (TPSA) is 57.6 Å². The third-order valence-corrected chi connectivity index (χ3v) is 3.85. The minimum absolute atomic E-state index is 0.117. The molecule has 0 amide bonds. The highest BCUT2D eigenvalue weighted by molar-refractivity contribution is 14.1. The van der Waals surface area contributed by atoms with Crippen LogP contribution in [0.3, 0.4) is 0 Å². The Labute approximate surface area is 153 Å². The van der Waals surface area contributed by atoms with E-state index >= 15 is 0 Å². The molecule has 1 aliphatic heterocycles. The monoisotopic (exact) mass is 455 g/mol. The fourth-order valence-electron chi connectivity index (χ4n) is 1.74. The second kappa shape index (κ2) is 7.14. The van der Waals surface area contributed by atoms with Crippen molar-refractivity contribution >= 4 is 45.8 Å². The molecule has 0 fully saturated rings. The first kappa shape index (κ1) is 17.5. The van der Waals surface area contributed by atoms with Crippen molar-refractivity contribution in [2.24, 2.45) is 0 Å². The van der Waals surface area contributed by atoms with Gasteiger partial charge in [-0.1, -0.05) is 17.7 Å². The largest absolute Gasteiger partial charge is 0.492 e. The fraction of sp³-hybridized carbons (Fsp3) is 0.357. The Kier molecular flexibility index (Phi) is 5.68. The molecule has 0 radical (unpaired) electrons. The Balaban J connectivity index is 2.00. The summed E-state index contributed by atoms with van der Waals surface area (Å²) in [7, 11) is 0. The maximum absolute atomic E-state index is 10.1. The number of aromatic nitrogens is 1. The molecule has 120 valence electrons. The first-order valence-electron chi connectivity index (χ1n) is 6.51. The molecule has 2 rings (SSSR count). The molecule has 5 nitrogen and oxygen atoms in total. The van der Waals surface area contributed by atoms with Gasteiger partial charge in [0.25, 0.3) is 0 Å². The first-order chi connectivity index (χ1) is 10.3. The Morgan fingerprint density at radius 1 is 1.45 bits per heavy atom. The molecule has 8 heteroatoms. The molecular formula is C14H16Cl2IN3O2. The molecule has 1 aromatic rings. The summed E-state index contributed by atoms with van der Waals surface area (Å²) < 4.78 is 6.53. The number of aliphatic hydroxyl groups is 1. The first-order valence-corrected chi connectivity index (χ1v) is 8.35. The summed E-state index contributed by atoms with van der Waals surface area (Å²) in [6.45, 7) is 4.37.